The number of fused-ring (bicyclic) bond motifs is 1. The molecule has 0 aliphatic carbocycles. The van der Waals surface area contributed by atoms with Gasteiger partial charge in [-0.1, -0.05) is 0 Å². The van der Waals surface area contributed by atoms with Crippen LogP contribution in [0.4, 0.5) is 11.4 Å². The average molecular weight is 310 g/mol. The van der Waals surface area contributed by atoms with Crippen LogP contribution in [0, 0.1) is 10.1 Å². The highest BCUT2D eigenvalue weighted by molar-refractivity contribution is 6.07. The van der Waals surface area contributed by atoms with E-state index in [0.29, 0.717) is 24.1 Å². The van der Waals surface area contributed by atoms with Crippen LogP contribution in [0.3, 0.4) is 0 Å². The molecule has 2 aromatic carbocycles. The number of anilines is 1. The fourth-order valence-corrected chi connectivity index (χ4v) is 2.71. The van der Waals surface area contributed by atoms with E-state index in [1.54, 1.807) is 17.0 Å². The molecule has 0 aromatic heterocycles. The van der Waals surface area contributed by atoms with E-state index in [1.165, 1.54) is 31.2 Å². The third kappa shape index (κ3) is 2.70. The molecule has 23 heavy (non-hydrogen) atoms. The van der Waals surface area contributed by atoms with E-state index in [9.17, 15) is 19.7 Å². The summed E-state index contributed by atoms with van der Waals surface area (Å²) in [5, 5.41) is 10.7. The van der Waals surface area contributed by atoms with Gasteiger partial charge in [0.25, 0.3) is 11.6 Å². The molecule has 2 aromatic rings. The molecule has 3 rings (SSSR count). The van der Waals surface area contributed by atoms with E-state index in [2.05, 4.69) is 0 Å². The minimum absolute atomic E-state index is 0.00653. The molecule has 1 aliphatic rings. The standard InChI is InChI=1S/C17H14N2O4/c1-11(20)13-4-7-16-14(10-13)8-9-18(16)17(21)12-2-5-15(6-3-12)19(22)23/h2-7,10H,8-9H2,1H3. The van der Waals surface area contributed by atoms with E-state index < -0.39 is 4.92 Å². The Morgan fingerprint density at radius 3 is 2.35 bits per heavy atom. The van der Waals surface area contributed by atoms with Crippen LogP contribution in [-0.4, -0.2) is 23.2 Å². The summed E-state index contributed by atoms with van der Waals surface area (Å²) >= 11 is 0. The summed E-state index contributed by atoms with van der Waals surface area (Å²) in [5.74, 6) is -0.206. The Morgan fingerprint density at radius 2 is 1.74 bits per heavy atom. The first kappa shape index (κ1) is 14.9. The number of carbonyl (C=O) groups excluding carboxylic acids is 2. The van der Waals surface area contributed by atoms with Gasteiger partial charge in [-0.15, -0.1) is 0 Å². The maximum Gasteiger partial charge on any atom is 0.269 e. The first-order chi connectivity index (χ1) is 11.0. The Kier molecular flexibility index (Phi) is 3.65. The molecule has 0 radical (unpaired) electrons. The van der Waals surface area contributed by atoms with Crippen molar-refractivity contribution in [3.05, 3.63) is 69.3 Å². The summed E-state index contributed by atoms with van der Waals surface area (Å²) in [7, 11) is 0. The minimum Gasteiger partial charge on any atom is -0.308 e. The van der Waals surface area contributed by atoms with E-state index in [4.69, 9.17) is 0 Å². The van der Waals surface area contributed by atoms with Gasteiger partial charge in [0.2, 0.25) is 0 Å². The molecule has 6 nitrogen and oxygen atoms in total. The highest BCUT2D eigenvalue weighted by Gasteiger charge is 2.26. The summed E-state index contributed by atoms with van der Waals surface area (Å²) < 4.78 is 0. The van der Waals surface area contributed by atoms with Crippen molar-refractivity contribution in [1.29, 1.82) is 0 Å². The summed E-state index contributed by atoms with van der Waals surface area (Å²) in [6.45, 7) is 2.04. The number of rotatable bonds is 3. The number of carbonyl (C=O) groups is 2. The summed E-state index contributed by atoms with van der Waals surface area (Å²) in [6.07, 6.45) is 0.690. The van der Waals surface area contributed by atoms with Gasteiger partial charge in [0, 0.05) is 35.5 Å². The van der Waals surface area contributed by atoms with Crippen molar-refractivity contribution >= 4 is 23.1 Å². The monoisotopic (exact) mass is 310 g/mol. The lowest BCUT2D eigenvalue weighted by Crippen LogP contribution is -2.28. The van der Waals surface area contributed by atoms with Crippen LogP contribution >= 0.6 is 0 Å². The molecule has 0 bridgehead atoms. The Bertz CT molecular complexity index is 812. The molecule has 0 atom stereocenters. The third-order valence-electron chi connectivity index (χ3n) is 3.95. The topological polar surface area (TPSA) is 80.5 Å². The van der Waals surface area contributed by atoms with Gasteiger partial charge < -0.3 is 4.90 Å². The molecule has 1 aliphatic heterocycles. The van der Waals surface area contributed by atoms with E-state index in [0.717, 1.165) is 11.3 Å². The van der Waals surface area contributed by atoms with Crippen molar-refractivity contribution in [1.82, 2.24) is 0 Å². The lowest BCUT2D eigenvalue weighted by molar-refractivity contribution is -0.384. The van der Waals surface area contributed by atoms with Crippen molar-refractivity contribution in [2.24, 2.45) is 0 Å². The zero-order valence-corrected chi connectivity index (χ0v) is 12.5. The predicted molar refractivity (Wildman–Crippen MR) is 84.9 cm³/mol. The predicted octanol–water partition coefficient (Wildman–Crippen LogP) is 3.00. The van der Waals surface area contributed by atoms with Crippen LogP contribution in [0.2, 0.25) is 0 Å². The van der Waals surface area contributed by atoms with Crippen LogP contribution < -0.4 is 4.90 Å². The maximum absolute atomic E-state index is 12.6. The Morgan fingerprint density at radius 1 is 1.09 bits per heavy atom. The lowest BCUT2D eigenvalue weighted by atomic mass is 10.1. The Balaban J connectivity index is 1.88. The number of ketones is 1. The number of nitro benzene ring substituents is 1. The molecule has 1 amide bonds. The fourth-order valence-electron chi connectivity index (χ4n) is 2.71. The second-order valence-corrected chi connectivity index (χ2v) is 5.41. The van der Waals surface area contributed by atoms with Gasteiger partial charge in [-0.05, 0) is 49.2 Å². The van der Waals surface area contributed by atoms with Gasteiger partial charge in [-0.2, -0.15) is 0 Å². The molecular formula is C17H14N2O4. The number of amides is 1. The molecule has 0 saturated carbocycles. The number of non-ortho nitro benzene ring substituents is 1. The smallest absolute Gasteiger partial charge is 0.269 e. The molecule has 0 saturated heterocycles. The molecule has 6 heteroatoms. The number of nitrogens with zero attached hydrogens (tertiary/aromatic N) is 2. The largest absolute Gasteiger partial charge is 0.308 e. The first-order valence-electron chi connectivity index (χ1n) is 7.17. The SMILES string of the molecule is CC(=O)c1ccc2c(c1)CCN2C(=O)c1ccc([N+](=O)[O-])cc1. The molecule has 0 unspecified atom stereocenters. The molecule has 1 heterocycles. The van der Waals surface area contributed by atoms with Crippen LogP contribution in [0.5, 0.6) is 0 Å². The molecule has 0 spiro atoms. The number of Topliss-reactive ketones (excluding diaryl/α,β-unsaturated/α-hetero) is 1. The molecule has 0 N–H and O–H groups in total. The third-order valence-corrected chi connectivity index (χ3v) is 3.95. The molecule has 116 valence electrons. The van der Waals surface area contributed by atoms with Crippen LogP contribution in [0.25, 0.3) is 0 Å². The first-order valence-corrected chi connectivity index (χ1v) is 7.17. The zero-order valence-electron chi connectivity index (χ0n) is 12.5. The van der Waals surface area contributed by atoms with Crippen molar-refractivity contribution in [2.45, 2.75) is 13.3 Å². The van der Waals surface area contributed by atoms with Gasteiger partial charge in [-0.3, -0.25) is 19.7 Å². The van der Waals surface area contributed by atoms with Gasteiger partial charge in [-0.25, -0.2) is 0 Å². The Hall–Kier alpha value is -3.02. The summed E-state index contributed by atoms with van der Waals surface area (Å²) in [6, 6.07) is 10.9. The number of hydrogen-bond donors (Lipinski definition) is 0. The fraction of sp³-hybridized carbons (Fsp3) is 0.176. The quantitative estimate of drug-likeness (QED) is 0.496. The molecule has 0 fully saturated rings. The second-order valence-electron chi connectivity index (χ2n) is 5.41. The van der Waals surface area contributed by atoms with Crippen molar-refractivity contribution < 1.29 is 14.5 Å². The van der Waals surface area contributed by atoms with E-state index in [1.807, 2.05) is 6.07 Å². The van der Waals surface area contributed by atoms with Gasteiger partial charge in [0.1, 0.15) is 0 Å². The Labute approximate surface area is 132 Å². The maximum atomic E-state index is 12.6. The molecular weight excluding hydrogens is 296 g/mol. The zero-order chi connectivity index (χ0) is 16.6. The highest BCUT2D eigenvalue weighted by Crippen LogP contribution is 2.30. The van der Waals surface area contributed by atoms with Crippen molar-refractivity contribution in [3.63, 3.8) is 0 Å². The van der Waals surface area contributed by atoms with Gasteiger partial charge in [0.05, 0.1) is 4.92 Å². The number of nitro groups is 1. The van der Waals surface area contributed by atoms with Crippen LogP contribution in [0.1, 0.15) is 33.2 Å². The number of benzene rings is 2. The summed E-state index contributed by atoms with van der Waals surface area (Å²) in [4.78, 5) is 35.8. The highest BCUT2D eigenvalue weighted by atomic mass is 16.6. The normalized spacial score (nSPS) is 12.8. The van der Waals surface area contributed by atoms with E-state index >= 15 is 0 Å². The van der Waals surface area contributed by atoms with Crippen LogP contribution in [0.15, 0.2) is 42.5 Å². The average Bonchev–Trinajstić information content (AvgIpc) is 2.97. The number of hydrogen-bond acceptors (Lipinski definition) is 4. The van der Waals surface area contributed by atoms with Gasteiger partial charge >= 0.3 is 0 Å². The lowest BCUT2D eigenvalue weighted by Gasteiger charge is -2.17. The van der Waals surface area contributed by atoms with Crippen LogP contribution in [-0.2, 0) is 6.42 Å². The van der Waals surface area contributed by atoms with Gasteiger partial charge in [0.15, 0.2) is 5.78 Å². The van der Waals surface area contributed by atoms with E-state index in [-0.39, 0.29) is 17.4 Å². The second kappa shape index (κ2) is 5.64. The van der Waals surface area contributed by atoms with Crippen molar-refractivity contribution in [3.8, 4) is 0 Å². The van der Waals surface area contributed by atoms with Crippen molar-refractivity contribution in [2.75, 3.05) is 11.4 Å². The minimum atomic E-state index is -0.497. The summed E-state index contributed by atoms with van der Waals surface area (Å²) in [5.41, 5.74) is 2.74.